The van der Waals surface area contributed by atoms with Gasteiger partial charge in [0, 0.05) is 23.4 Å². The van der Waals surface area contributed by atoms with Gasteiger partial charge in [-0.15, -0.1) is 0 Å². The number of hydrogen-bond acceptors (Lipinski definition) is 2. The molecule has 1 aromatic carbocycles. The Balaban J connectivity index is 2.58. The molecule has 0 bridgehead atoms. The van der Waals surface area contributed by atoms with Crippen molar-refractivity contribution in [2.24, 2.45) is 5.92 Å². The van der Waals surface area contributed by atoms with Crippen LogP contribution in [0.15, 0.2) is 24.3 Å². The van der Waals surface area contributed by atoms with Crippen LogP contribution in [0.3, 0.4) is 0 Å². The number of carbonyl (C=O) groups is 2. The third-order valence-corrected chi connectivity index (χ3v) is 2.48. The van der Waals surface area contributed by atoms with Crippen molar-refractivity contribution < 1.29 is 14.7 Å². The summed E-state index contributed by atoms with van der Waals surface area (Å²) in [6, 6.07) is 6.60. The highest BCUT2D eigenvalue weighted by Crippen LogP contribution is 2.15. The molecule has 1 atom stereocenters. The van der Waals surface area contributed by atoms with E-state index in [4.69, 9.17) is 16.7 Å². The fourth-order valence-corrected chi connectivity index (χ4v) is 1.57. The number of hydrogen-bond donors (Lipinski definition) is 1. The van der Waals surface area contributed by atoms with Crippen molar-refractivity contribution in [3.05, 3.63) is 34.9 Å². The summed E-state index contributed by atoms with van der Waals surface area (Å²) in [6.45, 7) is 1.75. The summed E-state index contributed by atoms with van der Waals surface area (Å²) in [6.07, 6.45) is 0.257. The molecule has 0 aromatic heterocycles. The van der Waals surface area contributed by atoms with Gasteiger partial charge < -0.3 is 5.11 Å². The summed E-state index contributed by atoms with van der Waals surface area (Å²) < 4.78 is 0. The summed E-state index contributed by atoms with van der Waals surface area (Å²) in [4.78, 5) is 22.2. The van der Waals surface area contributed by atoms with Gasteiger partial charge >= 0.3 is 5.97 Å². The standard InChI is InChI=1S/C12H13ClO3/c1-8(7-12(15)16)6-11(14)9-2-4-10(13)5-3-9/h2-5,8H,6-7H2,1H3,(H,15,16)/t8-/m1/s1. The second kappa shape index (κ2) is 5.66. The van der Waals surface area contributed by atoms with Crippen molar-refractivity contribution in [1.29, 1.82) is 0 Å². The van der Waals surface area contributed by atoms with Gasteiger partial charge in [0.2, 0.25) is 0 Å². The van der Waals surface area contributed by atoms with Crippen LogP contribution in [0.5, 0.6) is 0 Å². The minimum absolute atomic E-state index is 0.0132. The second-order valence-corrected chi connectivity index (χ2v) is 4.27. The maximum Gasteiger partial charge on any atom is 0.303 e. The van der Waals surface area contributed by atoms with Gasteiger partial charge in [0.25, 0.3) is 0 Å². The molecule has 1 rings (SSSR count). The van der Waals surface area contributed by atoms with Gasteiger partial charge in [-0.05, 0) is 30.2 Å². The molecule has 0 saturated carbocycles. The SMILES string of the molecule is C[C@@H](CC(=O)O)CC(=O)c1ccc(Cl)cc1. The molecule has 0 aliphatic carbocycles. The lowest BCUT2D eigenvalue weighted by atomic mass is 9.97. The van der Waals surface area contributed by atoms with Gasteiger partial charge in [-0.25, -0.2) is 0 Å². The van der Waals surface area contributed by atoms with E-state index in [0.29, 0.717) is 10.6 Å². The Kier molecular flexibility index (Phi) is 4.50. The molecule has 0 heterocycles. The molecule has 1 N–H and O–H groups in total. The zero-order valence-corrected chi connectivity index (χ0v) is 9.70. The Hall–Kier alpha value is -1.35. The minimum atomic E-state index is -0.878. The third kappa shape index (κ3) is 4.03. The molecule has 4 heteroatoms. The summed E-state index contributed by atoms with van der Waals surface area (Å²) in [5.74, 6) is -1.08. The molecule has 0 fully saturated rings. The normalized spacial score (nSPS) is 12.1. The molecule has 0 saturated heterocycles. The molecular formula is C12H13ClO3. The van der Waals surface area contributed by atoms with Crippen molar-refractivity contribution in [2.45, 2.75) is 19.8 Å². The smallest absolute Gasteiger partial charge is 0.303 e. The Morgan fingerprint density at radius 3 is 2.31 bits per heavy atom. The van der Waals surface area contributed by atoms with E-state index in [9.17, 15) is 9.59 Å². The number of benzene rings is 1. The highest BCUT2D eigenvalue weighted by atomic mass is 35.5. The molecular weight excluding hydrogens is 228 g/mol. The van der Waals surface area contributed by atoms with E-state index in [-0.39, 0.29) is 24.5 Å². The molecule has 0 spiro atoms. The van der Waals surface area contributed by atoms with E-state index in [1.165, 1.54) is 0 Å². The van der Waals surface area contributed by atoms with Crippen molar-refractivity contribution in [3.8, 4) is 0 Å². The monoisotopic (exact) mass is 240 g/mol. The van der Waals surface area contributed by atoms with Gasteiger partial charge in [0.1, 0.15) is 0 Å². The molecule has 0 unspecified atom stereocenters. The average Bonchev–Trinajstić information content (AvgIpc) is 2.16. The fraction of sp³-hybridized carbons (Fsp3) is 0.333. The summed E-state index contributed by atoms with van der Waals surface area (Å²) >= 11 is 5.70. The maximum atomic E-state index is 11.7. The van der Waals surface area contributed by atoms with Crippen LogP contribution in [0.4, 0.5) is 0 Å². The first-order valence-electron chi connectivity index (χ1n) is 4.99. The summed E-state index contributed by atoms with van der Waals surface area (Å²) in [7, 11) is 0. The topological polar surface area (TPSA) is 54.4 Å². The Morgan fingerprint density at radius 1 is 1.25 bits per heavy atom. The lowest BCUT2D eigenvalue weighted by Gasteiger charge is -2.07. The van der Waals surface area contributed by atoms with Gasteiger partial charge in [-0.3, -0.25) is 9.59 Å². The van der Waals surface area contributed by atoms with Crippen molar-refractivity contribution in [3.63, 3.8) is 0 Å². The molecule has 86 valence electrons. The predicted molar refractivity (Wildman–Crippen MR) is 61.8 cm³/mol. The van der Waals surface area contributed by atoms with Crippen LogP contribution in [0.25, 0.3) is 0 Å². The van der Waals surface area contributed by atoms with E-state index in [0.717, 1.165) is 0 Å². The first kappa shape index (κ1) is 12.7. The maximum absolute atomic E-state index is 11.7. The van der Waals surface area contributed by atoms with Gasteiger partial charge in [0.05, 0.1) is 0 Å². The number of aliphatic carboxylic acids is 1. The molecule has 16 heavy (non-hydrogen) atoms. The Morgan fingerprint density at radius 2 is 1.81 bits per heavy atom. The number of carboxylic acids is 1. The minimum Gasteiger partial charge on any atom is -0.481 e. The zero-order chi connectivity index (χ0) is 12.1. The van der Waals surface area contributed by atoms with Crippen LogP contribution in [-0.4, -0.2) is 16.9 Å². The highest BCUT2D eigenvalue weighted by molar-refractivity contribution is 6.30. The molecule has 0 aliphatic heterocycles. The van der Waals surface area contributed by atoms with E-state index in [2.05, 4.69) is 0 Å². The molecule has 0 amide bonds. The van der Waals surface area contributed by atoms with Gasteiger partial charge in [-0.2, -0.15) is 0 Å². The summed E-state index contributed by atoms with van der Waals surface area (Å²) in [5, 5.41) is 9.15. The first-order valence-corrected chi connectivity index (χ1v) is 5.37. The number of carbonyl (C=O) groups excluding carboxylic acids is 1. The largest absolute Gasteiger partial charge is 0.481 e. The number of ketones is 1. The number of rotatable bonds is 5. The average molecular weight is 241 g/mol. The van der Waals surface area contributed by atoms with Crippen LogP contribution < -0.4 is 0 Å². The number of halogens is 1. The Bertz CT molecular complexity index is 384. The Labute approximate surface area is 99.0 Å². The third-order valence-electron chi connectivity index (χ3n) is 2.22. The van der Waals surface area contributed by atoms with Gasteiger partial charge in [-0.1, -0.05) is 18.5 Å². The van der Waals surface area contributed by atoms with E-state index < -0.39 is 5.97 Å². The fourth-order valence-electron chi connectivity index (χ4n) is 1.44. The summed E-state index contributed by atoms with van der Waals surface area (Å²) in [5.41, 5.74) is 0.571. The number of carboxylic acid groups (broad SMARTS) is 1. The quantitative estimate of drug-likeness (QED) is 0.805. The number of Topliss-reactive ketones (excluding diaryl/α,β-unsaturated/α-hetero) is 1. The van der Waals surface area contributed by atoms with Crippen LogP contribution in [0.2, 0.25) is 5.02 Å². The van der Waals surface area contributed by atoms with Crippen molar-refractivity contribution in [1.82, 2.24) is 0 Å². The first-order chi connectivity index (χ1) is 7.49. The van der Waals surface area contributed by atoms with Crippen LogP contribution >= 0.6 is 11.6 Å². The van der Waals surface area contributed by atoms with Gasteiger partial charge in [0.15, 0.2) is 5.78 Å². The van der Waals surface area contributed by atoms with Crippen LogP contribution in [-0.2, 0) is 4.79 Å². The zero-order valence-electron chi connectivity index (χ0n) is 8.94. The lowest BCUT2D eigenvalue weighted by molar-refractivity contribution is -0.137. The second-order valence-electron chi connectivity index (χ2n) is 3.84. The van der Waals surface area contributed by atoms with Crippen LogP contribution in [0.1, 0.15) is 30.1 Å². The van der Waals surface area contributed by atoms with Crippen molar-refractivity contribution in [2.75, 3.05) is 0 Å². The van der Waals surface area contributed by atoms with Crippen molar-refractivity contribution >= 4 is 23.4 Å². The highest BCUT2D eigenvalue weighted by Gasteiger charge is 2.13. The van der Waals surface area contributed by atoms with E-state index in [1.807, 2.05) is 0 Å². The lowest BCUT2D eigenvalue weighted by Crippen LogP contribution is -2.10. The molecule has 1 aromatic rings. The molecule has 3 nitrogen and oxygen atoms in total. The predicted octanol–water partition coefficient (Wildman–Crippen LogP) is 3.02. The molecule has 0 radical (unpaired) electrons. The van der Waals surface area contributed by atoms with E-state index >= 15 is 0 Å². The van der Waals surface area contributed by atoms with E-state index in [1.54, 1.807) is 31.2 Å². The van der Waals surface area contributed by atoms with Crippen LogP contribution in [0, 0.1) is 5.92 Å². The molecule has 0 aliphatic rings.